The first-order valence-electron chi connectivity index (χ1n) is 14.8. The minimum absolute atomic E-state index is 0. The van der Waals surface area contributed by atoms with Gasteiger partial charge in [-0.25, -0.2) is 0 Å². The summed E-state index contributed by atoms with van der Waals surface area (Å²) in [5, 5.41) is 26.1. The first kappa shape index (κ1) is 31.6. The summed E-state index contributed by atoms with van der Waals surface area (Å²) >= 11 is 0. The van der Waals surface area contributed by atoms with Gasteiger partial charge in [0, 0.05) is 0 Å². The van der Waals surface area contributed by atoms with E-state index in [-0.39, 0.29) is 41.0 Å². The predicted molar refractivity (Wildman–Crippen MR) is 187 cm³/mol. The summed E-state index contributed by atoms with van der Waals surface area (Å²) in [4.78, 5) is 0. The third-order valence-corrected chi connectivity index (χ3v) is 7.82. The van der Waals surface area contributed by atoms with E-state index in [4.69, 9.17) is 0 Å². The van der Waals surface area contributed by atoms with Gasteiger partial charge in [-0.3, -0.25) is 0 Å². The first-order chi connectivity index (χ1) is 21.5. The summed E-state index contributed by atoms with van der Waals surface area (Å²) in [7, 11) is 0. The van der Waals surface area contributed by atoms with Crippen molar-refractivity contribution in [3.8, 4) is 33.8 Å². The quantitative estimate of drug-likeness (QED) is 0.131. The monoisotopic (exact) mass is 592 g/mol. The van der Waals surface area contributed by atoms with Gasteiger partial charge in [0.25, 0.3) is 0 Å². The Balaban J connectivity index is 0.00000400. The molecule has 3 heteroatoms. The standard InChI is InChI=1S/C42H34O2.Mg/c1-30-26-38(36-22-18-34(19-23-36)15-13-32-10-6-3-7-11-32)28-40(42(30)44)29-39-27-37(24-25-41(39)43)35-20-16-33(17-21-35)14-12-31-8-4-2-5-9-31;/h2-28,43-44H,29H2,1H3;/q;+2/p-2/b14-12+,15-13+;. The molecule has 0 aliphatic carbocycles. The molecule has 0 spiro atoms. The molecule has 6 aromatic carbocycles. The third-order valence-electron chi connectivity index (χ3n) is 7.82. The van der Waals surface area contributed by atoms with Gasteiger partial charge in [-0.15, -0.1) is 11.5 Å². The van der Waals surface area contributed by atoms with Gasteiger partial charge >= 0.3 is 23.1 Å². The molecule has 214 valence electrons. The number of aryl methyl sites for hydroxylation is 1. The van der Waals surface area contributed by atoms with Crippen LogP contribution >= 0.6 is 0 Å². The summed E-state index contributed by atoms with van der Waals surface area (Å²) in [6.07, 6.45) is 8.65. The molecule has 0 saturated heterocycles. The van der Waals surface area contributed by atoms with Crippen LogP contribution in [0.25, 0.3) is 46.6 Å². The molecular formula is C42H32MgO2. The molecule has 0 unspecified atom stereocenters. The number of benzene rings is 6. The SMILES string of the molecule is Cc1cc(-c2ccc(/C=C/c3ccccc3)cc2)cc(Cc2cc(-c3ccc(/C=C/c4ccccc4)cc3)ccc2[O-])c1[O-].[Mg+2]. The Hall–Kier alpha value is -4.83. The summed E-state index contributed by atoms with van der Waals surface area (Å²) in [6.45, 7) is 1.84. The van der Waals surface area contributed by atoms with Gasteiger partial charge in [0.1, 0.15) is 0 Å². The van der Waals surface area contributed by atoms with Crippen LogP contribution < -0.4 is 10.2 Å². The van der Waals surface area contributed by atoms with Crippen molar-refractivity contribution in [2.24, 2.45) is 0 Å². The summed E-state index contributed by atoms with van der Waals surface area (Å²) in [5.41, 5.74) is 10.4. The largest absolute Gasteiger partial charge is 2.00 e. The molecule has 0 aliphatic heterocycles. The van der Waals surface area contributed by atoms with Gasteiger partial charge in [-0.2, -0.15) is 0 Å². The Morgan fingerprint density at radius 1 is 0.444 bits per heavy atom. The molecular weight excluding hydrogens is 561 g/mol. The zero-order chi connectivity index (χ0) is 30.3. The van der Waals surface area contributed by atoms with E-state index in [1.807, 2.05) is 67.6 Å². The smallest absolute Gasteiger partial charge is 0.872 e. The normalized spacial score (nSPS) is 11.1. The Bertz CT molecular complexity index is 1920. The van der Waals surface area contributed by atoms with E-state index in [0.29, 0.717) is 16.7 Å². The fourth-order valence-electron chi connectivity index (χ4n) is 5.33. The predicted octanol–water partition coefficient (Wildman–Crippen LogP) is 9.03. The van der Waals surface area contributed by atoms with E-state index in [9.17, 15) is 10.2 Å². The zero-order valence-electron chi connectivity index (χ0n) is 25.3. The first-order valence-corrected chi connectivity index (χ1v) is 14.8. The summed E-state index contributed by atoms with van der Waals surface area (Å²) < 4.78 is 0. The molecule has 45 heavy (non-hydrogen) atoms. The van der Waals surface area contributed by atoms with Gasteiger partial charge in [-0.05, 0) is 57.9 Å². The maximum absolute atomic E-state index is 13.2. The van der Waals surface area contributed by atoms with Crippen LogP contribution in [-0.4, -0.2) is 23.1 Å². The second-order valence-electron chi connectivity index (χ2n) is 11.0. The van der Waals surface area contributed by atoms with Crippen LogP contribution in [0, 0.1) is 6.92 Å². The molecule has 2 nitrogen and oxygen atoms in total. The van der Waals surface area contributed by atoms with Crippen LogP contribution in [0.1, 0.15) is 38.9 Å². The molecule has 0 radical (unpaired) electrons. The fraction of sp³-hybridized carbons (Fsp3) is 0.0476. The van der Waals surface area contributed by atoms with Crippen molar-refractivity contribution in [2.45, 2.75) is 13.3 Å². The minimum Gasteiger partial charge on any atom is -0.872 e. The number of hydrogen-bond donors (Lipinski definition) is 0. The van der Waals surface area contributed by atoms with Crippen molar-refractivity contribution < 1.29 is 10.2 Å². The Labute approximate surface area is 281 Å². The summed E-state index contributed by atoms with van der Waals surface area (Å²) in [5.74, 6) is -0.0799. The maximum Gasteiger partial charge on any atom is 2.00 e. The molecule has 0 N–H and O–H groups in total. The zero-order valence-corrected chi connectivity index (χ0v) is 26.7. The second kappa shape index (κ2) is 14.8. The maximum atomic E-state index is 13.2. The van der Waals surface area contributed by atoms with Crippen molar-refractivity contribution in [2.75, 3.05) is 0 Å². The van der Waals surface area contributed by atoms with Crippen molar-refractivity contribution in [3.05, 3.63) is 178 Å². The van der Waals surface area contributed by atoms with E-state index in [1.54, 1.807) is 6.07 Å². The van der Waals surface area contributed by atoms with Gasteiger partial charge in [0.2, 0.25) is 0 Å². The van der Waals surface area contributed by atoms with E-state index in [1.165, 1.54) is 0 Å². The topological polar surface area (TPSA) is 46.1 Å². The molecule has 0 aromatic heterocycles. The van der Waals surface area contributed by atoms with E-state index >= 15 is 0 Å². The van der Waals surface area contributed by atoms with Crippen molar-refractivity contribution in [3.63, 3.8) is 0 Å². The Kier molecular flexibility index (Phi) is 10.4. The molecule has 0 aliphatic rings. The van der Waals surface area contributed by atoms with Crippen molar-refractivity contribution >= 4 is 47.4 Å². The van der Waals surface area contributed by atoms with Gasteiger partial charge in [0.15, 0.2) is 0 Å². The van der Waals surface area contributed by atoms with E-state index in [2.05, 4.69) is 97.1 Å². The van der Waals surface area contributed by atoms with Crippen LogP contribution in [0.2, 0.25) is 0 Å². The van der Waals surface area contributed by atoms with Crippen LogP contribution in [0.3, 0.4) is 0 Å². The molecule has 6 rings (SSSR count). The van der Waals surface area contributed by atoms with Crippen LogP contribution in [0.5, 0.6) is 11.5 Å². The van der Waals surface area contributed by atoms with Crippen molar-refractivity contribution in [1.82, 2.24) is 0 Å². The van der Waals surface area contributed by atoms with Gasteiger partial charge in [-0.1, -0.05) is 181 Å². The number of hydrogen-bond acceptors (Lipinski definition) is 2. The molecule has 0 atom stereocenters. The Morgan fingerprint density at radius 3 is 1.38 bits per heavy atom. The van der Waals surface area contributed by atoms with Gasteiger partial charge < -0.3 is 10.2 Å². The molecule has 0 saturated carbocycles. The minimum atomic E-state index is -0.0619. The van der Waals surface area contributed by atoms with Crippen molar-refractivity contribution in [1.29, 1.82) is 0 Å². The molecule has 0 fully saturated rings. The second-order valence-corrected chi connectivity index (χ2v) is 11.0. The molecule has 0 amide bonds. The van der Waals surface area contributed by atoms with E-state index in [0.717, 1.165) is 44.5 Å². The molecule has 0 heterocycles. The molecule has 6 aromatic rings. The Morgan fingerprint density at radius 2 is 0.867 bits per heavy atom. The van der Waals surface area contributed by atoms with E-state index < -0.39 is 0 Å². The molecule has 0 bridgehead atoms. The fourth-order valence-corrected chi connectivity index (χ4v) is 5.33. The third kappa shape index (κ3) is 8.01. The van der Waals surface area contributed by atoms with Crippen LogP contribution in [-0.2, 0) is 6.42 Å². The average Bonchev–Trinajstić information content (AvgIpc) is 3.07. The summed E-state index contributed by atoms with van der Waals surface area (Å²) in [6, 6.07) is 46.3. The van der Waals surface area contributed by atoms with Crippen LogP contribution in [0.4, 0.5) is 0 Å². The average molecular weight is 593 g/mol. The van der Waals surface area contributed by atoms with Gasteiger partial charge in [0.05, 0.1) is 0 Å². The number of rotatable bonds is 8. The van der Waals surface area contributed by atoms with Crippen LogP contribution in [0.15, 0.2) is 140 Å².